The molecule has 0 saturated heterocycles. The molecule has 0 fully saturated rings. The molecule has 0 aliphatic carbocycles. The highest BCUT2D eigenvalue weighted by atomic mass is 16.4. The van der Waals surface area contributed by atoms with Gasteiger partial charge in [0.2, 0.25) is 5.91 Å². The largest absolute Gasteiger partial charge is 0.480 e. The molecule has 0 saturated carbocycles. The number of aryl methyl sites for hydroxylation is 2. The lowest BCUT2D eigenvalue weighted by atomic mass is 9.96. The predicted octanol–water partition coefficient (Wildman–Crippen LogP) is 3.57. The van der Waals surface area contributed by atoms with Crippen LogP contribution in [-0.4, -0.2) is 23.5 Å². The molecule has 2 N–H and O–H groups in total. The predicted molar refractivity (Wildman–Crippen MR) is 112 cm³/mol. The highest BCUT2D eigenvalue weighted by Crippen LogP contribution is 2.38. The number of nitrogens with one attached hydrogen (secondary N) is 1. The first-order valence-electron chi connectivity index (χ1n) is 9.37. The lowest BCUT2D eigenvalue weighted by Crippen LogP contribution is -2.32. The second-order valence-corrected chi connectivity index (χ2v) is 7.13. The zero-order valence-electron chi connectivity index (χ0n) is 16.4. The molecule has 0 atom stereocenters. The Morgan fingerprint density at radius 2 is 1.83 bits per heavy atom. The Morgan fingerprint density at radius 3 is 2.53 bits per heavy atom. The van der Waals surface area contributed by atoms with E-state index in [1.165, 1.54) is 0 Å². The number of fused-ring (bicyclic) bond motifs is 3. The summed E-state index contributed by atoms with van der Waals surface area (Å²) in [5.74, 6) is -1.73. The van der Waals surface area contributed by atoms with Crippen molar-refractivity contribution in [3.8, 4) is 11.1 Å². The summed E-state index contributed by atoms with van der Waals surface area (Å²) in [5.41, 5.74) is 3.92. The minimum Gasteiger partial charge on any atom is -0.480 e. The van der Waals surface area contributed by atoms with E-state index >= 15 is 0 Å². The van der Waals surface area contributed by atoms with Gasteiger partial charge in [-0.25, -0.2) is 4.79 Å². The number of rotatable bonds is 5. The van der Waals surface area contributed by atoms with E-state index in [1.807, 2.05) is 37.3 Å². The smallest absolute Gasteiger partial charge is 0.340 e. The first-order chi connectivity index (χ1) is 14.4. The first kappa shape index (κ1) is 19.4. The van der Waals surface area contributed by atoms with Crippen LogP contribution in [0.25, 0.3) is 33.1 Å². The minimum absolute atomic E-state index is 0.174. The number of amides is 1. The number of hydrogen-bond donors (Lipinski definition) is 2. The van der Waals surface area contributed by atoms with E-state index in [0.717, 1.165) is 22.1 Å². The Balaban J connectivity index is 1.89. The van der Waals surface area contributed by atoms with E-state index in [-0.39, 0.29) is 12.0 Å². The Labute approximate surface area is 170 Å². The average molecular weight is 405 g/mol. The summed E-state index contributed by atoms with van der Waals surface area (Å²) in [6.45, 7) is 3.14. The maximum absolute atomic E-state index is 12.5. The number of carboxylic acid groups (broad SMARTS) is 1. The van der Waals surface area contributed by atoms with Crippen molar-refractivity contribution in [3.63, 3.8) is 0 Å². The fourth-order valence-electron chi connectivity index (χ4n) is 3.72. The van der Waals surface area contributed by atoms with E-state index < -0.39 is 24.0 Å². The van der Waals surface area contributed by atoms with E-state index in [2.05, 4.69) is 5.32 Å². The van der Waals surface area contributed by atoms with Crippen molar-refractivity contribution >= 4 is 33.8 Å². The molecule has 0 spiro atoms. The van der Waals surface area contributed by atoms with Gasteiger partial charge >= 0.3 is 11.6 Å². The van der Waals surface area contributed by atoms with Gasteiger partial charge in [0.05, 0.1) is 23.6 Å². The standard InChI is InChI=1S/C23H19NO6/c1-12-8-17-21(22-20(12)16(11-29-22)14-6-4-3-5-7-14)13(2)15(23(28)30-17)9-18(25)24-10-19(26)27/h3-8,11H,9-10H2,1-2H3,(H,24,25)(H,26,27). The molecule has 2 heterocycles. The van der Waals surface area contributed by atoms with Crippen molar-refractivity contribution in [2.24, 2.45) is 0 Å². The van der Waals surface area contributed by atoms with Crippen LogP contribution < -0.4 is 10.9 Å². The molecule has 0 unspecified atom stereocenters. The average Bonchev–Trinajstić information content (AvgIpc) is 3.15. The number of furan rings is 1. The van der Waals surface area contributed by atoms with E-state index in [0.29, 0.717) is 22.1 Å². The lowest BCUT2D eigenvalue weighted by Gasteiger charge is -2.10. The fourth-order valence-corrected chi connectivity index (χ4v) is 3.72. The number of carboxylic acids is 1. The third-order valence-electron chi connectivity index (χ3n) is 5.14. The van der Waals surface area contributed by atoms with Crippen LogP contribution in [0.15, 0.2) is 56.3 Å². The molecule has 0 aliphatic rings. The maximum atomic E-state index is 12.5. The molecule has 2 aromatic carbocycles. The normalized spacial score (nSPS) is 11.1. The third kappa shape index (κ3) is 3.34. The van der Waals surface area contributed by atoms with Gasteiger partial charge in [-0.15, -0.1) is 0 Å². The van der Waals surface area contributed by atoms with Gasteiger partial charge in [0.25, 0.3) is 0 Å². The van der Waals surface area contributed by atoms with Crippen molar-refractivity contribution in [2.75, 3.05) is 6.54 Å². The summed E-state index contributed by atoms with van der Waals surface area (Å²) < 4.78 is 11.4. The number of benzene rings is 2. The monoisotopic (exact) mass is 405 g/mol. The van der Waals surface area contributed by atoms with Crippen LogP contribution in [0.2, 0.25) is 0 Å². The molecule has 0 aliphatic heterocycles. The Hall–Kier alpha value is -3.87. The topological polar surface area (TPSA) is 110 Å². The molecule has 7 nitrogen and oxygen atoms in total. The van der Waals surface area contributed by atoms with Crippen LogP contribution in [0.4, 0.5) is 0 Å². The highest BCUT2D eigenvalue weighted by Gasteiger charge is 2.21. The van der Waals surface area contributed by atoms with Gasteiger partial charge in [-0.05, 0) is 36.6 Å². The lowest BCUT2D eigenvalue weighted by molar-refractivity contribution is -0.137. The number of carbonyl (C=O) groups is 2. The summed E-state index contributed by atoms with van der Waals surface area (Å²) in [7, 11) is 0. The van der Waals surface area contributed by atoms with Crippen molar-refractivity contribution in [2.45, 2.75) is 20.3 Å². The fraction of sp³-hybridized carbons (Fsp3) is 0.174. The molecular weight excluding hydrogens is 386 g/mol. The number of hydrogen-bond acceptors (Lipinski definition) is 5. The van der Waals surface area contributed by atoms with Crippen molar-refractivity contribution in [1.29, 1.82) is 0 Å². The van der Waals surface area contributed by atoms with E-state index in [1.54, 1.807) is 19.3 Å². The van der Waals surface area contributed by atoms with Crippen LogP contribution in [0.3, 0.4) is 0 Å². The molecule has 1 amide bonds. The summed E-state index contributed by atoms with van der Waals surface area (Å²) in [6.07, 6.45) is 1.40. The van der Waals surface area contributed by atoms with Crippen LogP contribution in [0.1, 0.15) is 16.7 Å². The van der Waals surface area contributed by atoms with Gasteiger partial charge in [0, 0.05) is 10.9 Å². The Morgan fingerprint density at radius 1 is 1.10 bits per heavy atom. The minimum atomic E-state index is -1.16. The second kappa shape index (κ2) is 7.51. The van der Waals surface area contributed by atoms with Crippen molar-refractivity contribution in [3.05, 3.63) is 69.8 Å². The van der Waals surface area contributed by atoms with Crippen molar-refractivity contribution < 1.29 is 23.5 Å². The molecule has 4 rings (SSSR count). The van der Waals surface area contributed by atoms with Gasteiger partial charge < -0.3 is 19.3 Å². The summed E-state index contributed by atoms with van der Waals surface area (Å²) in [4.78, 5) is 35.2. The molecule has 0 radical (unpaired) electrons. The maximum Gasteiger partial charge on any atom is 0.340 e. The molecule has 4 aromatic rings. The SMILES string of the molecule is Cc1cc2oc(=O)c(CC(=O)NCC(=O)O)c(C)c2c2occ(-c3ccccc3)c12. The van der Waals surface area contributed by atoms with Gasteiger partial charge in [-0.2, -0.15) is 0 Å². The zero-order chi connectivity index (χ0) is 21.4. The second-order valence-electron chi connectivity index (χ2n) is 7.13. The van der Waals surface area contributed by atoms with Gasteiger partial charge in [-0.1, -0.05) is 30.3 Å². The molecule has 30 heavy (non-hydrogen) atoms. The Bertz CT molecular complexity index is 1350. The first-order valence-corrected chi connectivity index (χ1v) is 9.37. The Kier molecular flexibility index (Phi) is 4.87. The quantitative estimate of drug-likeness (QED) is 0.491. The summed E-state index contributed by atoms with van der Waals surface area (Å²) >= 11 is 0. The van der Waals surface area contributed by atoms with E-state index in [9.17, 15) is 14.4 Å². The number of aliphatic carboxylic acids is 1. The highest BCUT2D eigenvalue weighted by molar-refractivity contribution is 6.11. The van der Waals surface area contributed by atoms with Gasteiger partial charge in [0.15, 0.2) is 0 Å². The number of carbonyl (C=O) groups excluding carboxylic acids is 1. The van der Waals surface area contributed by atoms with Crippen LogP contribution in [-0.2, 0) is 16.0 Å². The molecule has 7 heteroatoms. The van der Waals surface area contributed by atoms with Crippen LogP contribution >= 0.6 is 0 Å². The third-order valence-corrected chi connectivity index (χ3v) is 5.14. The molecule has 0 bridgehead atoms. The molecular formula is C23H19NO6. The zero-order valence-corrected chi connectivity index (χ0v) is 16.4. The summed E-state index contributed by atoms with van der Waals surface area (Å²) in [6, 6.07) is 11.6. The van der Waals surface area contributed by atoms with E-state index in [4.69, 9.17) is 13.9 Å². The van der Waals surface area contributed by atoms with Gasteiger partial charge in [0.1, 0.15) is 17.7 Å². The van der Waals surface area contributed by atoms with Crippen molar-refractivity contribution in [1.82, 2.24) is 5.32 Å². The molecule has 2 aromatic heterocycles. The summed E-state index contributed by atoms with van der Waals surface area (Å²) in [5, 5.41) is 12.5. The van der Waals surface area contributed by atoms with Crippen LogP contribution in [0.5, 0.6) is 0 Å². The molecule has 152 valence electrons. The van der Waals surface area contributed by atoms with Gasteiger partial charge in [-0.3, -0.25) is 9.59 Å². The van der Waals surface area contributed by atoms with Crippen LogP contribution in [0, 0.1) is 13.8 Å².